The summed E-state index contributed by atoms with van der Waals surface area (Å²) in [6, 6.07) is 8.06. The zero-order valence-corrected chi connectivity index (χ0v) is 8.63. The molecule has 0 aliphatic heterocycles. The van der Waals surface area contributed by atoms with Crippen LogP contribution in [0.5, 0.6) is 5.75 Å². The van der Waals surface area contributed by atoms with E-state index in [-0.39, 0.29) is 0 Å². The molecule has 0 saturated carbocycles. The van der Waals surface area contributed by atoms with Crippen molar-refractivity contribution in [2.75, 3.05) is 7.11 Å². The first kappa shape index (κ1) is 9.71. The molecule has 1 aromatic heterocycles. The van der Waals surface area contributed by atoms with Gasteiger partial charge in [-0.3, -0.25) is 4.68 Å². The highest BCUT2D eigenvalue weighted by molar-refractivity contribution is 5.28. The number of nitrogens with zero attached hydrogens (tertiary/aromatic N) is 3. The van der Waals surface area contributed by atoms with Gasteiger partial charge in [0, 0.05) is 6.54 Å². The molecule has 0 N–H and O–H groups in total. The summed E-state index contributed by atoms with van der Waals surface area (Å²) in [6.07, 6.45) is 4.20. The van der Waals surface area contributed by atoms with E-state index >= 15 is 0 Å². The molecule has 0 aliphatic rings. The molecule has 1 heterocycles. The predicted molar refractivity (Wildman–Crippen MR) is 56.7 cm³/mol. The van der Waals surface area contributed by atoms with Crippen molar-refractivity contribution < 1.29 is 4.74 Å². The largest absolute Gasteiger partial charge is 0.497 e. The Bertz CT molecular complexity index is 412. The molecule has 0 spiro atoms. The van der Waals surface area contributed by atoms with Crippen molar-refractivity contribution in [1.82, 2.24) is 14.8 Å². The van der Waals surface area contributed by atoms with Gasteiger partial charge in [0.05, 0.1) is 7.11 Å². The van der Waals surface area contributed by atoms with Gasteiger partial charge in [0.25, 0.3) is 0 Å². The average molecular weight is 203 g/mol. The Morgan fingerprint density at radius 3 is 3.07 bits per heavy atom. The third kappa shape index (κ3) is 2.56. The zero-order valence-electron chi connectivity index (χ0n) is 8.63. The minimum atomic E-state index is 0.840. The molecule has 0 unspecified atom stereocenters. The Hall–Kier alpha value is -1.84. The second-order valence-corrected chi connectivity index (χ2v) is 3.26. The van der Waals surface area contributed by atoms with Crippen LogP contribution in [0.2, 0.25) is 0 Å². The summed E-state index contributed by atoms with van der Waals surface area (Å²) in [4.78, 5) is 3.90. The van der Waals surface area contributed by atoms with Crippen molar-refractivity contribution in [3.63, 3.8) is 0 Å². The second kappa shape index (κ2) is 4.59. The van der Waals surface area contributed by atoms with E-state index in [9.17, 15) is 0 Å². The van der Waals surface area contributed by atoms with Gasteiger partial charge in [-0.25, -0.2) is 4.98 Å². The lowest BCUT2D eigenvalue weighted by molar-refractivity contribution is 0.414. The lowest BCUT2D eigenvalue weighted by atomic mass is 10.1. The Morgan fingerprint density at radius 1 is 1.40 bits per heavy atom. The monoisotopic (exact) mass is 203 g/mol. The minimum absolute atomic E-state index is 0.840. The van der Waals surface area contributed by atoms with Crippen molar-refractivity contribution in [3.8, 4) is 5.75 Å². The number of hydrogen-bond donors (Lipinski definition) is 0. The average Bonchev–Trinajstić information content (AvgIpc) is 2.79. The van der Waals surface area contributed by atoms with Gasteiger partial charge in [-0.1, -0.05) is 12.1 Å². The van der Waals surface area contributed by atoms with Gasteiger partial charge in [0.15, 0.2) is 0 Å². The van der Waals surface area contributed by atoms with Crippen LogP contribution in [0.15, 0.2) is 36.9 Å². The standard InChI is InChI=1S/C11H13N3O/c1-15-11-4-2-3-10(7-11)5-6-14-9-12-8-13-14/h2-4,7-9H,5-6H2,1H3. The summed E-state index contributed by atoms with van der Waals surface area (Å²) in [5.41, 5.74) is 1.24. The Balaban J connectivity index is 1.98. The van der Waals surface area contributed by atoms with Crippen LogP contribution < -0.4 is 4.74 Å². The topological polar surface area (TPSA) is 39.9 Å². The number of ether oxygens (including phenoxy) is 1. The normalized spacial score (nSPS) is 10.2. The molecule has 0 bridgehead atoms. The smallest absolute Gasteiger partial charge is 0.137 e. The first-order valence-corrected chi connectivity index (χ1v) is 4.84. The predicted octanol–water partition coefficient (Wildman–Crippen LogP) is 1.53. The number of aromatic nitrogens is 3. The maximum atomic E-state index is 5.16. The van der Waals surface area contributed by atoms with Gasteiger partial charge in [-0.05, 0) is 24.1 Å². The minimum Gasteiger partial charge on any atom is -0.497 e. The van der Waals surface area contributed by atoms with Crippen LogP contribution in [0.3, 0.4) is 0 Å². The molecule has 1 aromatic carbocycles. The van der Waals surface area contributed by atoms with E-state index in [0.717, 1.165) is 18.7 Å². The zero-order chi connectivity index (χ0) is 10.5. The van der Waals surface area contributed by atoms with Gasteiger partial charge in [-0.2, -0.15) is 5.10 Å². The molecule has 0 aliphatic carbocycles. The first-order valence-electron chi connectivity index (χ1n) is 4.84. The fourth-order valence-corrected chi connectivity index (χ4v) is 1.42. The third-order valence-corrected chi connectivity index (χ3v) is 2.23. The third-order valence-electron chi connectivity index (χ3n) is 2.23. The molecule has 0 fully saturated rings. The van der Waals surface area contributed by atoms with Crippen LogP contribution in [0.25, 0.3) is 0 Å². The Labute approximate surface area is 88.5 Å². The fraction of sp³-hybridized carbons (Fsp3) is 0.273. The maximum Gasteiger partial charge on any atom is 0.137 e. The van der Waals surface area contributed by atoms with Crippen LogP contribution in [0.1, 0.15) is 5.56 Å². The van der Waals surface area contributed by atoms with E-state index in [1.165, 1.54) is 5.56 Å². The summed E-state index contributed by atoms with van der Waals surface area (Å²) in [5, 5.41) is 4.05. The van der Waals surface area contributed by atoms with Crippen molar-refractivity contribution in [3.05, 3.63) is 42.5 Å². The fourth-order valence-electron chi connectivity index (χ4n) is 1.42. The van der Waals surface area contributed by atoms with E-state index in [0.29, 0.717) is 0 Å². The summed E-state index contributed by atoms with van der Waals surface area (Å²) >= 11 is 0. The van der Waals surface area contributed by atoms with E-state index < -0.39 is 0 Å². The van der Waals surface area contributed by atoms with E-state index in [4.69, 9.17) is 4.74 Å². The number of benzene rings is 1. The van der Waals surface area contributed by atoms with Gasteiger partial charge in [0.1, 0.15) is 18.4 Å². The van der Waals surface area contributed by atoms with Gasteiger partial charge < -0.3 is 4.74 Å². The lowest BCUT2D eigenvalue weighted by Gasteiger charge is -2.04. The maximum absolute atomic E-state index is 5.16. The molecule has 0 atom stereocenters. The van der Waals surface area contributed by atoms with Crippen LogP contribution in [0.4, 0.5) is 0 Å². The molecule has 0 saturated heterocycles. The molecule has 2 rings (SSSR count). The highest BCUT2D eigenvalue weighted by atomic mass is 16.5. The number of aryl methyl sites for hydroxylation is 2. The SMILES string of the molecule is COc1cccc(CCn2cncn2)c1. The summed E-state index contributed by atoms with van der Waals surface area (Å²) in [7, 11) is 1.68. The van der Waals surface area contributed by atoms with E-state index in [1.54, 1.807) is 19.8 Å². The van der Waals surface area contributed by atoms with Crippen LogP contribution in [-0.4, -0.2) is 21.9 Å². The second-order valence-electron chi connectivity index (χ2n) is 3.26. The highest BCUT2D eigenvalue weighted by Crippen LogP contribution is 2.13. The Morgan fingerprint density at radius 2 is 2.33 bits per heavy atom. The van der Waals surface area contributed by atoms with Crippen LogP contribution in [0, 0.1) is 0 Å². The molecular weight excluding hydrogens is 190 g/mol. The molecule has 0 radical (unpaired) electrons. The molecular formula is C11H13N3O. The van der Waals surface area contributed by atoms with Gasteiger partial charge >= 0.3 is 0 Å². The van der Waals surface area contributed by atoms with Crippen LogP contribution >= 0.6 is 0 Å². The van der Waals surface area contributed by atoms with Gasteiger partial charge in [0.2, 0.25) is 0 Å². The summed E-state index contributed by atoms with van der Waals surface area (Å²) in [5.74, 6) is 0.895. The van der Waals surface area contributed by atoms with Crippen molar-refractivity contribution >= 4 is 0 Å². The Kier molecular flexibility index (Phi) is 2.97. The quantitative estimate of drug-likeness (QED) is 0.756. The van der Waals surface area contributed by atoms with Crippen molar-refractivity contribution in [1.29, 1.82) is 0 Å². The number of hydrogen-bond acceptors (Lipinski definition) is 3. The summed E-state index contributed by atoms with van der Waals surface area (Å²) < 4.78 is 6.98. The number of rotatable bonds is 4. The molecule has 78 valence electrons. The van der Waals surface area contributed by atoms with Crippen LogP contribution in [-0.2, 0) is 13.0 Å². The highest BCUT2D eigenvalue weighted by Gasteiger charge is 1.97. The first-order chi connectivity index (χ1) is 7.38. The van der Waals surface area contributed by atoms with Crippen molar-refractivity contribution in [2.45, 2.75) is 13.0 Å². The molecule has 15 heavy (non-hydrogen) atoms. The molecule has 2 aromatic rings. The van der Waals surface area contributed by atoms with E-state index in [1.807, 2.05) is 22.9 Å². The number of methoxy groups -OCH3 is 1. The molecule has 4 nitrogen and oxygen atoms in total. The van der Waals surface area contributed by atoms with Gasteiger partial charge in [-0.15, -0.1) is 0 Å². The molecule has 0 amide bonds. The lowest BCUT2D eigenvalue weighted by Crippen LogP contribution is -2.01. The van der Waals surface area contributed by atoms with Crippen molar-refractivity contribution in [2.24, 2.45) is 0 Å². The van der Waals surface area contributed by atoms with E-state index in [2.05, 4.69) is 16.1 Å². The summed E-state index contributed by atoms with van der Waals surface area (Å²) in [6.45, 7) is 0.840. The molecule has 4 heteroatoms.